The third kappa shape index (κ3) is 1.66. The van der Waals surface area contributed by atoms with Gasteiger partial charge in [0.25, 0.3) is 0 Å². The lowest BCUT2D eigenvalue weighted by atomic mass is 9.98. The second-order valence-electron chi connectivity index (χ2n) is 4.48. The summed E-state index contributed by atoms with van der Waals surface area (Å²) < 4.78 is 0. The number of rotatable bonds is 1. The number of halogens is 1. The summed E-state index contributed by atoms with van der Waals surface area (Å²) in [6, 6.07) is 5.20. The van der Waals surface area contributed by atoms with E-state index >= 15 is 0 Å². The first-order valence-electron chi connectivity index (χ1n) is 5.85. The molecule has 0 aliphatic heterocycles. The average molecular weight is 305 g/mol. The highest BCUT2D eigenvalue weighted by Crippen LogP contribution is 2.52. The van der Waals surface area contributed by atoms with Crippen LogP contribution in [0.3, 0.4) is 0 Å². The van der Waals surface area contributed by atoms with Gasteiger partial charge in [0.05, 0.1) is 32.3 Å². The van der Waals surface area contributed by atoms with E-state index in [1.54, 1.807) is 0 Å². The van der Waals surface area contributed by atoms with E-state index in [9.17, 15) is 20.4 Å². The van der Waals surface area contributed by atoms with Crippen LogP contribution in [0.4, 0.5) is 5.69 Å². The highest BCUT2D eigenvalue weighted by molar-refractivity contribution is 6.38. The van der Waals surface area contributed by atoms with Gasteiger partial charge in [-0.3, -0.25) is 0 Å². The lowest BCUT2D eigenvalue weighted by Gasteiger charge is -2.14. The number of phenolic OH excluding ortho intramolecular Hbond substituents is 4. The zero-order chi connectivity index (χ0) is 15.3. The molecule has 0 heterocycles. The summed E-state index contributed by atoms with van der Waals surface area (Å²) in [5.74, 6) is -1.41. The van der Waals surface area contributed by atoms with Crippen LogP contribution in [0.5, 0.6) is 23.0 Å². The van der Waals surface area contributed by atoms with Gasteiger partial charge in [-0.05, 0) is 24.3 Å². The molecule has 7 heteroatoms. The van der Waals surface area contributed by atoms with Gasteiger partial charge in [-0.25, -0.2) is 5.53 Å². The maximum Gasteiger partial charge on any atom is 0.137 e. The summed E-state index contributed by atoms with van der Waals surface area (Å²) in [6.45, 7) is 0. The van der Waals surface area contributed by atoms with Gasteiger partial charge in [-0.1, -0.05) is 11.6 Å². The first kappa shape index (κ1) is 13.3. The quantitative estimate of drug-likeness (QED) is 0.264. The predicted octanol–water partition coefficient (Wildman–Crippen LogP) is 4.13. The highest BCUT2D eigenvalue weighted by atomic mass is 35.5. The summed E-state index contributed by atoms with van der Waals surface area (Å²) in [5.41, 5.74) is 7.17. The van der Waals surface area contributed by atoms with Gasteiger partial charge in [0, 0.05) is 0 Å². The Kier molecular flexibility index (Phi) is 2.77. The van der Waals surface area contributed by atoms with Crippen molar-refractivity contribution in [2.24, 2.45) is 5.11 Å². The van der Waals surface area contributed by atoms with Gasteiger partial charge in [0.2, 0.25) is 0 Å². The van der Waals surface area contributed by atoms with E-state index in [0.29, 0.717) is 0 Å². The van der Waals surface area contributed by atoms with Gasteiger partial charge in [0.1, 0.15) is 23.0 Å². The number of hydrogen-bond acceptors (Lipinski definition) is 6. The monoisotopic (exact) mass is 304 g/mol. The molecule has 3 aromatic carbocycles. The summed E-state index contributed by atoms with van der Waals surface area (Å²) in [4.78, 5) is 0. The van der Waals surface area contributed by atoms with Crippen LogP contribution in [-0.4, -0.2) is 20.4 Å². The molecule has 0 radical (unpaired) electrons. The van der Waals surface area contributed by atoms with Crippen molar-refractivity contribution in [1.29, 1.82) is 5.53 Å². The second kappa shape index (κ2) is 4.39. The molecule has 0 bridgehead atoms. The third-order valence-electron chi connectivity index (χ3n) is 3.36. The summed E-state index contributed by atoms with van der Waals surface area (Å²) in [6.07, 6.45) is 0. The SMILES string of the molecule is N=Nc1ccc(O)c2c(O)c3c(Cl)ccc(O)c3c(O)c12. The normalized spacial score (nSPS) is 11.1. The molecule has 0 aliphatic carbocycles. The van der Waals surface area contributed by atoms with Crippen molar-refractivity contribution >= 4 is 38.8 Å². The molecule has 0 aliphatic rings. The molecule has 3 rings (SSSR count). The minimum atomic E-state index is -0.417. The maximum atomic E-state index is 10.4. The minimum absolute atomic E-state index is 0.0131. The highest BCUT2D eigenvalue weighted by Gasteiger charge is 2.22. The Morgan fingerprint density at radius 3 is 1.90 bits per heavy atom. The first-order valence-corrected chi connectivity index (χ1v) is 6.23. The third-order valence-corrected chi connectivity index (χ3v) is 3.68. The number of phenols is 4. The van der Waals surface area contributed by atoms with E-state index < -0.39 is 11.5 Å². The van der Waals surface area contributed by atoms with Crippen molar-refractivity contribution in [2.45, 2.75) is 0 Å². The molecule has 3 aromatic rings. The average Bonchev–Trinajstić information content (AvgIpc) is 2.46. The van der Waals surface area contributed by atoms with Crippen molar-refractivity contribution in [3.63, 3.8) is 0 Å². The Morgan fingerprint density at radius 2 is 1.29 bits per heavy atom. The Bertz CT molecular complexity index is 924. The van der Waals surface area contributed by atoms with Crippen molar-refractivity contribution in [1.82, 2.24) is 0 Å². The van der Waals surface area contributed by atoms with E-state index in [1.807, 2.05) is 0 Å². The molecule has 0 atom stereocenters. The lowest BCUT2D eigenvalue weighted by Crippen LogP contribution is -1.85. The minimum Gasteiger partial charge on any atom is -0.507 e. The number of benzene rings is 3. The Morgan fingerprint density at radius 1 is 0.762 bits per heavy atom. The zero-order valence-corrected chi connectivity index (χ0v) is 11.2. The van der Waals surface area contributed by atoms with Gasteiger partial charge in [-0.2, -0.15) is 5.11 Å². The van der Waals surface area contributed by atoms with Crippen molar-refractivity contribution in [3.05, 3.63) is 29.3 Å². The molecular weight excluding hydrogens is 296 g/mol. The van der Waals surface area contributed by atoms with Gasteiger partial charge < -0.3 is 20.4 Å². The molecule has 0 unspecified atom stereocenters. The van der Waals surface area contributed by atoms with Crippen LogP contribution in [0, 0.1) is 5.53 Å². The standard InChI is InChI=1S/C14H9ClN2O4/c15-5-1-3-7(18)11-9(5)13(20)12-8(19)4-2-6(17-16)10(12)14(11)21/h1-4,16,18-21H. The van der Waals surface area contributed by atoms with E-state index in [4.69, 9.17) is 17.1 Å². The van der Waals surface area contributed by atoms with Crippen molar-refractivity contribution < 1.29 is 20.4 Å². The topological polar surface area (TPSA) is 117 Å². The number of hydrogen-bond donors (Lipinski definition) is 5. The van der Waals surface area contributed by atoms with E-state index in [-0.39, 0.29) is 43.8 Å². The second-order valence-corrected chi connectivity index (χ2v) is 4.89. The van der Waals surface area contributed by atoms with Crippen LogP contribution in [-0.2, 0) is 0 Å². The summed E-state index contributed by atoms with van der Waals surface area (Å²) >= 11 is 6.01. The smallest absolute Gasteiger partial charge is 0.137 e. The summed E-state index contributed by atoms with van der Waals surface area (Å²) in [7, 11) is 0. The molecule has 0 fully saturated rings. The van der Waals surface area contributed by atoms with Crippen molar-refractivity contribution in [3.8, 4) is 23.0 Å². The van der Waals surface area contributed by atoms with Crippen LogP contribution in [0.2, 0.25) is 5.02 Å². The molecular formula is C14H9ClN2O4. The van der Waals surface area contributed by atoms with Crippen molar-refractivity contribution in [2.75, 3.05) is 0 Å². The molecule has 0 saturated heterocycles. The zero-order valence-electron chi connectivity index (χ0n) is 10.4. The molecule has 5 N–H and O–H groups in total. The van der Waals surface area contributed by atoms with Crippen LogP contribution in [0.15, 0.2) is 29.4 Å². The Balaban J connectivity index is 2.77. The summed E-state index contributed by atoms with van der Waals surface area (Å²) in [5, 5.41) is 43.8. The van der Waals surface area contributed by atoms with Gasteiger partial charge in [0.15, 0.2) is 0 Å². The van der Waals surface area contributed by atoms with Crippen LogP contribution < -0.4 is 0 Å². The Hall–Kier alpha value is -2.73. The number of fused-ring (bicyclic) bond motifs is 2. The largest absolute Gasteiger partial charge is 0.507 e. The van der Waals surface area contributed by atoms with E-state index in [0.717, 1.165) is 0 Å². The van der Waals surface area contributed by atoms with Gasteiger partial charge in [-0.15, -0.1) is 0 Å². The molecule has 21 heavy (non-hydrogen) atoms. The van der Waals surface area contributed by atoms with E-state index in [1.165, 1.54) is 24.3 Å². The molecule has 0 spiro atoms. The lowest BCUT2D eigenvalue weighted by molar-refractivity contribution is 0.457. The Labute approximate surface area is 123 Å². The first-order chi connectivity index (χ1) is 9.97. The number of nitrogens with zero attached hydrogens (tertiary/aromatic N) is 1. The fourth-order valence-corrected chi connectivity index (χ4v) is 2.69. The van der Waals surface area contributed by atoms with E-state index in [2.05, 4.69) is 5.11 Å². The van der Waals surface area contributed by atoms with Crippen LogP contribution in [0.1, 0.15) is 0 Å². The number of nitrogens with one attached hydrogen (secondary N) is 1. The molecule has 0 amide bonds. The molecule has 0 saturated carbocycles. The van der Waals surface area contributed by atoms with Gasteiger partial charge >= 0.3 is 0 Å². The van der Waals surface area contributed by atoms with Crippen LogP contribution in [0.25, 0.3) is 21.5 Å². The maximum absolute atomic E-state index is 10.4. The predicted molar refractivity (Wildman–Crippen MR) is 77.9 cm³/mol. The number of aromatic hydroxyl groups is 4. The van der Waals surface area contributed by atoms with Crippen LogP contribution >= 0.6 is 11.6 Å². The fourth-order valence-electron chi connectivity index (χ4n) is 2.44. The fraction of sp³-hybridized carbons (Fsp3) is 0. The molecule has 6 nitrogen and oxygen atoms in total. The molecule has 106 valence electrons. The molecule has 0 aromatic heterocycles.